The van der Waals surface area contributed by atoms with E-state index in [0.29, 0.717) is 0 Å². The molecule has 0 saturated carbocycles. The first kappa shape index (κ1) is 7.57. The minimum Gasteiger partial charge on any atom is -0.447 e. The molecule has 0 aliphatic carbocycles. The van der Waals surface area contributed by atoms with Gasteiger partial charge in [-0.2, -0.15) is 0 Å². The highest BCUT2D eigenvalue weighted by molar-refractivity contribution is 6.44. The van der Waals surface area contributed by atoms with Crippen LogP contribution in [0.25, 0.3) is 0 Å². The molecule has 0 spiro atoms. The van der Waals surface area contributed by atoms with Gasteiger partial charge in [-0.25, -0.2) is 0 Å². The maximum absolute atomic E-state index is 5.16. The molecule has 2 nitrogen and oxygen atoms in total. The van der Waals surface area contributed by atoms with Gasteiger partial charge in [-0.3, -0.25) is 0 Å². The maximum Gasteiger partial charge on any atom is 0.283 e. The van der Waals surface area contributed by atoms with Crippen molar-refractivity contribution in [3.05, 3.63) is 0 Å². The summed E-state index contributed by atoms with van der Waals surface area (Å²) in [6, 6.07) is 0. The molecule has 0 heterocycles. The van der Waals surface area contributed by atoms with Crippen LogP contribution in [0.3, 0.4) is 0 Å². The molecule has 5 heteroatoms. The van der Waals surface area contributed by atoms with E-state index in [4.69, 9.17) is 8.23 Å². The predicted molar refractivity (Wildman–Crippen MR) is 39.5 cm³/mol. The van der Waals surface area contributed by atoms with Crippen molar-refractivity contribution in [3.63, 3.8) is 0 Å². The van der Waals surface area contributed by atoms with E-state index in [1.54, 1.807) is 0 Å². The molecule has 0 aliphatic rings. The highest BCUT2D eigenvalue weighted by atomic mass is 28.4. The monoisotopic (exact) mass is 152 g/mol. The van der Waals surface area contributed by atoms with Gasteiger partial charge >= 0.3 is 0 Å². The van der Waals surface area contributed by atoms with Gasteiger partial charge < -0.3 is 8.23 Å². The summed E-state index contributed by atoms with van der Waals surface area (Å²) in [4.78, 5) is 0. The van der Waals surface area contributed by atoms with Crippen molar-refractivity contribution >= 4 is 29.5 Å². The second-order valence-electron chi connectivity index (χ2n) is 1.10. The summed E-state index contributed by atoms with van der Waals surface area (Å²) in [5, 5.41) is 0. The van der Waals surface area contributed by atoms with Crippen molar-refractivity contribution in [1.29, 1.82) is 0 Å². The Bertz CT molecular complexity index is 30.1. The lowest BCUT2D eigenvalue weighted by Gasteiger charge is -1.96. The summed E-state index contributed by atoms with van der Waals surface area (Å²) >= 11 is 0. The third kappa shape index (κ3) is 6.57. The van der Waals surface area contributed by atoms with Crippen molar-refractivity contribution in [2.45, 2.75) is 13.1 Å². The van der Waals surface area contributed by atoms with Crippen LogP contribution in [-0.4, -0.2) is 29.5 Å². The van der Waals surface area contributed by atoms with Gasteiger partial charge in [0.1, 0.15) is 19.5 Å². The fourth-order valence-corrected chi connectivity index (χ4v) is 3.09. The third-order valence-corrected chi connectivity index (χ3v) is 5.17. The third-order valence-electron chi connectivity index (χ3n) is 0.575. The van der Waals surface area contributed by atoms with Gasteiger partial charge in [0.05, 0.1) is 0 Å². The van der Waals surface area contributed by atoms with E-state index in [1.165, 1.54) is 0 Å². The van der Waals surface area contributed by atoms with Crippen molar-refractivity contribution in [1.82, 2.24) is 0 Å². The number of hydrogen-bond donors (Lipinski definition) is 0. The fraction of sp³-hybridized carbons (Fsp3) is 1.00. The lowest BCUT2D eigenvalue weighted by Crippen LogP contribution is -2.06. The molecule has 0 rings (SSSR count). The average Bonchev–Trinajstić information content (AvgIpc) is 1.69. The van der Waals surface area contributed by atoms with Crippen molar-refractivity contribution in [2.75, 3.05) is 0 Å². The van der Waals surface area contributed by atoms with Crippen molar-refractivity contribution < 1.29 is 8.23 Å². The molecule has 0 aliphatic heterocycles. The molecule has 0 radical (unpaired) electrons. The molecule has 0 saturated heterocycles. The van der Waals surface area contributed by atoms with Crippen LogP contribution in [-0.2, 0) is 8.23 Å². The molecule has 0 aromatic heterocycles. The minimum atomic E-state index is -0.465. The average molecular weight is 152 g/mol. The summed E-state index contributed by atoms with van der Waals surface area (Å²) in [5.41, 5.74) is 0. The van der Waals surface area contributed by atoms with E-state index >= 15 is 0 Å². The van der Waals surface area contributed by atoms with Gasteiger partial charge in [0, 0.05) is 0 Å². The molecule has 0 bridgehead atoms. The summed E-state index contributed by atoms with van der Waals surface area (Å²) in [7, 11) is -0.760. The zero-order valence-electron chi connectivity index (χ0n) is 4.94. The normalized spacial score (nSPS) is 14.6. The van der Waals surface area contributed by atoms with Gasteiger partial charge in [0.25, 0.3) is 10.0 Å². The molecule has 0 atom stereocenters. The SMILES string of the molecule is C[SiH2]O[SiH2]O[SiH2]C. The van der Waals surface area contributed by atoms with Crippen molar-refractivity contribution in [2.24, 2.45) is 0 Å². The first-order valence-electron chi connectivity index (χ1n) is 2.57. The fourth-order valence-electron chi connectivity index (χ4n) is 0.226. The smallest absolute Gasteiger partial charge is 0.283 e. The Balaban J connectivity index is 2.45. The Kier molecular flexibility index (Phi) is 7.11. The van der Waals surface area contributed by atoms with E-state index in [9.17, 15) is 0 Å². The zero-order valence-corrected chi connectivity index (χ0v) is 9.18. The molecular formula is C2H12O2Si3. The highest BCUT2D eigenvalue weighted by Gasteiger charge is 1.79. The Hall–Kier alpha value is 0.571. The van der Waals surface area contributed by atoms with Crippen LogP contribution in [0.4, 0.5) is 0 Å². The van der Waals surface area contributed by atoms with Crippen LogP contribution in [0.15, 0.2) is 0 Å². The first-order valence-corrected chi connectivity index (χ1v) is 7.71. The van der Waals surface area contributed by atoms with Crippen LogP contribution < -0.4 is 0 Å². The van der Waals surface area contributed by atoms with Gasteiger partial charge in [-0.05, 0) is 0 Å². The van der Waals surface area contributed by atoms with E-state index in [2.05, 4.69) is 13.1 Å². The van der Waals surface area contributed by atoms with Crippen LogP contribution in [0, 0.1) is 0 Å². The molecular weight excluding hydrogens is 140 g/mol. The summed E-state index contributed by atoms with van der Waals surface area (Å²) in [5.74, 6) is 0. The zero-order chi connectivity index (χ0) is 5.54. The second kappa shape index (κ2) is 6.57. The summed E-state index contributed by atoms with van der Waals surface area (Å²) in [6.45, 7) is 4.27. The van der Waals surface area contributed by atoms with Crippen molar-refractivity contribution in [3.8, 4) is 0 Å². The van der Waals surface area contributed by atoms with E-state index in [0.717, 1.165) is 0 Å². The summed E-state index contributed by atoms with van der Waals surface area (Å²) < 4.78 is 10.3. The first-order chi connectivity index (χ1) is 3.41. The topological polar surface area (TPSA) is 18.5 Å². The van der Waals surface area contributed by atoms with Gasteiger partial charge in [0.2, 0.25) is 0 Å². The molecule has 0 aromatic carbocycles. The maximum atomic E-state index is 5.16. The predicted octanol–water partition coefficient (Wildman–Crippen LogP) is -1.72. The lowest BCUT2D eigenvalue weighted by molar-refractivity contribution is 0.497. The lowest BCUT2D eigenvalue weighted by atomic mass is 11.9. The number of hydrogen-bond acceptors (Lipinski definition) is 2. The Morgan fingerprint density at radius 3 is 1.71 bits per heavy atom. The van der Waals surface area contributed by atoms with Gasteiger partial charge in [-0.15, -0.1) is 0 Å². The molecule has 0 fully saturated rings. The van der Waals surface area contributed by atoms with E-state index in [1.807, 2.05) is 0 Å². The van der Waals surface area contributed by atoms with E-state index < -0.39 is 10.0 Å². The molecule has 44 valence electrons. The highest BCUT2D eigenvalue weighted by Crippen LogP contribution is 1.66. The number of rotatable bonds is 4. The quantitative estimate of drug-likeness (QED) is 0.353. The second-order valence-corrected chi connectivity index (χ2v) is 5.76. The molecule has 0 unspecified atom stereocenters. The Labute approximate surface area is 51.5 Å². The van der Waals surface area contributed by atoms with Gasteiger partial charge in [0.15, 0.2) is 0 Å². The molecule has 0 N–H and O–H groups in total. The molecule has 0 aromatic rings. The summed E-state index contributed by atoms with van der Waals surface area (Å²) in [6.07, 6.45) is 0. The van der Waals surface area contributed by atoms with E-state index in [-0.39, 0.29) is 19.5 Å². The standard InChI is InChI=1S/C2H12O2Si3/c1-5-3-7-4-6-2/h5-7H2,1-2H3. The van der Waals surface area contributed by atoms with Crippen LogP contribution in [0.2, 0.25) is 13.1 Å². The minimum absolute atomic E-state index is 0.147. The van der Waals surface area contributed by atoms with Crippen LogP contribution in [0.5, 0.6) is 0 Å². The molecule has 0 amide bonds. The van der Waals surface area contributed by atoms with Crippen LogP contribution in [0.1, 0.15) is 0 Å². The van der Waals surface area contributed by atoms with Gasteiger partial charge in [-0.1, -0.05) is 13.1 Å². The molecule has 7 heavy (non-hydrogen) atoms. The van der Waals surface area contributed by atoms with Crippen LogP contribution >= 0.6 is 0 Å². The Morgan fingerprint density at radius 2 is 1.43 bits per heavy atom. The Morgan fingerprint density at radius 1 is 1.00 bits per heavy atom. The largest absolute Gasteiger partial charge is 0.447 e.